The van der Waals surface area contributed by atoms with Gasteiger partial charge in [-0.05, 0) is 62.3 Å². The third kappa shape index (κ3) is 5.43. The number of nitrogens with one attached hydrogen (secondary N) is 1. The zero-order chi connectivity index (χ0) is 13.7. The van der Waals surface area contributed by atoms with E-state index < -0.39 is 0 Å². The van der Waals surface area contributed by atoms with Crippen molar-refractivity contribution in [1.29, 1.82) is 0 Å². The minimum absolute atomic E-state index is 0.743. The highest BCUT2D eigenvalue weighted by Crippen LogP contribution is 2.33. The monoisotopic (exact) mass is 267 g/mol. The van der Waals surface area contributed by atoms with E-state index >= 15 is 0 Å². The largest absolute Gasteiger partial charge is 0.381 e. The standard InChI is InChI=1S/C17H33NO/c1-13(2)16-8-5-14(3)11-17(16)18-9-4-10-19-12-15-6-7-15/h13-18H,4-12H2,1-3H3/t14-,16+,17+/m0/s1. The van der Waals surface area contributed by atoms with Gasteiger partial charge in [-0.15, -0.1) is 0 Å². The Balaban J connectivity index is 1.58. The highest BCUT2D eigenvalue weighted by Gasteiger charge is 2.29. The predicted octanol–water partition coefficient (Wildman–Crippen LogP) is 3.85. The summed E-state index contributed by atoms with van der Waals surface area (Å²) < 4.78 is 5.70. The predicted molar refractivity (Wildman–Crippen MR) is 81.3 cm³/mol. The topological polar surface area (TPSA) is 21.3 Å². The van der Waals surface area contributed by atoms with Crippen LogP contribution in [-0.4, -0.2) is 25.8 Å². The van der Waals surface area contributed by atoms with Crippen LogP contribution in [-0.2, 0) is 4.74 Å². The molecule has 0 aromatic heterocycles. The van der Waals surface area contributed by atoms with Crippen LogP contribution in [0.3, 0.4) is 0 Å². The van der Waals surface area contributed by atoms with Crippen molar-refractivity contribution >= 4 is 0 Å². The Labute approximate surface area is 119 Å². The molecule has 0 radical (unpaired) electrons. The van der Waals surface area contributed by atoms with Gasteiger partial charge in [-0.3, -0.25) is 0 Å². The molecule has 112 valence electrons. The molecule has 0 bridgehead atoms. The molecule has 0 amide bonds. The number of hydrogen-bond acceptors (Lipinski definition) is 2. The fourth-order valence-electron chi connectivity index (χ4n) is 3.43. The van der Waals surface area contributed by atoms with E-state index in [0.29, 0.717) is 0 Å². The average Bonchev–Trinajstić information content (AvgIpc) is 3.17. The molecule has 2 saturated carbocycles. The third-order valence-electron chi connectivity index (χ3n) is 4.94. The molecular weight excluding hydrogens is 234 g/mol. The molecule has 0 aliphatic heterocycles. The molecule has 0 aromatic rings. The Morgan fingerprint density at radius 3 is 2.63 bits per heavy atom. The van der Waals surface area contributed by atoms with Crippen LogP contribution in [0.25, 0.3) is 0 Å². The lowest BCUT2D eigenvalue weighted by Gasteiger charge is -2.38. The van der Waals surface area contributed by atoms with Crippen molar-refractivity contribution in [3.8, 4) is 0 Å². The Hall–Kier alpha value is -0.0800. The fourth-order valence-corrected chi connectivity index (χ4v) is 3.43. The quantitative estimate of drug-likeness (QED) is 0.674. The molecule has 0 spiro atoms. The van der Waals surface area contributed by atoms with Crippen LogP contribution >= 0.6 is 0 Å². The zero-order valence-corrected chi connectivity index (χ0v) is 13.2. The van der Waals surface area contributed by atoms with Crippen LogP contribution in [0.5, 0.6) is 0 Å². The molecule has 19 heavy (non-hydrogen) atoms. The zero-order valence-electron chi connectivity index (χ0n) is 13.2. The van der Waals surface area contributed by atoms with Crippen molar-refractivity contribution in [2.75, 3.05) is 19.8 Å². The van der Waals surface area contributed by atoms with Gasteiger partial charge >= 0.3 is 0 Å². The van der Waals surface area contributed by atoms with Crippen LogP contribution in [0, 0.1) is 23.7 Å². The maximum Gasteiger partial charge on any atom is 0.0494 e. The summed E-state index contributed by atoms with van der Waals surface area (Å²) in [5.74, 6) is 3.50. The molecule has 3 atom stereocenters. The van der Waals surface area contributed by atoms with Gasteiger partial charge in [0.05, 0.1) is 0 Å². The third-order valence-corrected chi connectivity index (χ3v) is 4.94. The lowest BCUT2D eigenvalue weighted by atomic mass is 9.74. The lowest BCUT2D eigenvalue weighted by molar-refractivity contribution is 0.117. The van der Waals surface area contributed by atoms with Crippen molar-refractivity contribution in [2.24, 2.45) is 23.7 Å². The molecular formula is C17H33NO. The summed E-state index contributed by atoms with van der Waals surface area (Å²) in [6.45, 7) is 10.3. The van der Waals surface area contributed by atoms with Crippen LogP contribution < -0.4 is 5.32 Å². The van der Waals surface area contributed by atoms with E-state index in [2.05, 4.69) is 26.1 Å². The summed E-state index contributed by atoms with van der Waals surface area (Å²) in [5, 5.41) is 3.81. The van der Waals surface area contributed by atoms with Crippen LogP contribution in [0.15, 0.2) is 0 Å². The summed E-state index contributed by atoms with van der Waals surface area (Å²) in [6, 6.07) is 0.743. The van der Waals surface area contributed by atoms with Crippen molar-refractivity contribution in [3.63, 3.8) is 0 Å². The molecule has 0 aromatic carbocycles. The first-order valence-corrected chi connectivity index (χ1v) is 8.48. The highest BCUT2D eigenvalue weighted by molar-refractivity contribution is 4.85. The Bertz CT molecular complexity index is 250. The van der Waals surface area contributed by atoms with Gasteiger partial charge in [0.2, 0.25) is 0 Å². The average molecular weight is 267 g/mol. The number of ether oxygens (including phenoxy) is 1. The van der Waals surface area contributed by atoms with Gasteiger partial charge in [-0.2, -0.15) is 0 Å². The first kappa shape index (κ1) is 15.3. The second-order valence-corrected chi connectivity index (χ2v) is 7.26. The summed E-state index contributed by atoms with van der Waals surface area (Å²) in [6.07, 6.45) is 8.16. The van der Waals surface area contributed by atoms with Crippen molar-refractivity contribution in [2.45, 2.75) is 65.3 Å². The minimum Gasteiger partial charge on any atom is -0.381 e. The molecule has 0 unspecified atom stereocenters. The Morgan fingerprint density at radius 2 is 1.95 bits per heavy atom. The summed E-state index contributed by atoms with van der Waals surface area (Å²) in [5.41, 5.74) is 0. The van der Waals surface area contributed by atoms with E-state index in [9.17, 15) is 0 Å². The molecule has 2 nitrogen and oxygen atoms in total. The normalized spacial score (nSPS) is 31.9. The second-order valence-electron chi connectivity index (χ2n) is 7.26. The van der Waals surface area contributed by atoms with Gasteiger partial charge < -0.3 is 10.1 Å². The van der Waals surface area contributed by atoms with Gasteiger partial charge in [0.15, 0.2) is 0 Å². The molecule has 0 saturated heterocycles. The molecule has 2 aliphatic carbocycles. The van der Waals surface area contributed by atoms with Crippen LogP contribution in [0.1, 0.15) is 59.3 Å². The van der Waals surface area contributed by atoms with Crippen LogP contribution in [0.2, 0.25) is 0 Å². The molecule has 2 fully saturated rings. The summed E-state index contributed by atoms with van der Waals surface area (Å²) >= 11 is 0. The van der Waals surface area contributed by atoms with E-state index in [4.69, 9.17) is 4.74 Å². The van der Waals surface area contributed by atoms with Gasteiger partial charge in [0.25, 0.3) is 0 Å². The maximum atomic E-state index is 5.70. The SMILES string of the molecule is CC(C)[C@H]1CC[C@H](C)C[C@H]1NCCCOCC1CC1. The van der Waals surface area contributed by atoms with E-state index in [-0.39, 0.29) is 0 Å². The number of hydrogen-bond donors (Lipinski definition) is 1. The Kier molecular flexibility index (Phi) is 6.15. The van der Waals surface area contributed by atoms with E-state index in [1.807, 2.05) is 0 Å². The van der Waals surface area contributed by atoms with E-state index in [1.165, 1.54) is 38.5 Å². The van der Waals surface area contributed by atoms with Gasteiger partial charge in [-0.25, -0.2) is 0 Å². The maximum absolute atomic E-state index is 5.70. The molecule has 2 heteroatoms. The molecule has 2 rings (SSSR count). The van der Waals surface area contributed by atoms with Crippen molar-refractivity contribution < 1.29 is 4.74 Å². The van der Waals surface area contributed by atoms with Crippen molar-refractivity contribution in [3.05, 3.63) is 0 Å². The Morgan fingerprint density at radius 1 is 1.16 bits per heavy atom. The number of rotatable bonds is 8. The first-order valence-electron chi connectivity index (χ1n) is 8.48. The molecule has 1 N–H and O–H groups in total. The summed E-state index contributed by atoms with van der Waals surface area (Å²) in [7, 11) is 0. The molecule has 0 heterocycles. The van der Waals surface area contributed by atoms with Crippen molar-refractivity contribution in [1.82, 2.24) is 5.32 Å². The van der Waals surface area contributed by atoms with Gasteiger partial charge in [-0.1, -0.05) is 27.2 Å². The fraction of sp³-hybridized carbons (Fsp3) is 1.00. The summed E-state index contributed by atoms with van der Waals surface area (Å²) in [4.78, 5) is 0. The molecule has 2 aliphatic rings. The lowest BCUT2D eigenvalue weighted by Crippen LogP contribution is -2.43. The van der Waals surface area contributed by atoms with Gasteiger partial charge in [0, 0.05) is 19.3 Å². The second kappa shape index (κ2) is 7.64. The smallest absolute Gasteiger partial charge is 0.0494 e. The van der Waals surface area contributed by atoms with E-state index in [0.717, 1.165) is 49.5 Å². The highest BCUT2D eigenvalue weighted by atomic mass is 16.5. The van der Waals surface area contributed by atoms with E-state index in [1.54, 1.807) is 0 Å². The minimum atomic E-state index is 0.743. The van der Waals surface area contributed by atoms with Crippen LogP contribution in [0.4, 0.5) is 0 Å². The van der Waals surface area contributed by atoms with Gasteiger partial charge in [0.1, 0.15) is 0 Å². The first-order chi connectivity index (χ1) is 9.16.